The molecule has 0 amide bonds. The molecule has 0 rings (SSSR count). The molecular formula is C11H25N. The molecule has 1 N–H and O–H groups in total. The first-order valence-electron chi connectivity index (χ1n) is 5.52. The molecule has 12 heavy (non-hydrogen) atoms. The van der Waals surface area contributed by atoms with Crippen LogP contribution in [0.3, 0.4) is 0 Å². The van der Waals surface area contributed by atoms with Gasteiger partial charge < -0.3 is 5.32 Å². The summed E-state index contributed by atoms with van der Waals surface area (Å²) in [5.41, 5.74) is 0. The van der Waals surface area contributed by atoms with Crippen molar-refractivity contribution in [3.8, 4) is 0 Å². The van der Waals surface area contributed by atoms with Gasteiger partial charge in [0.15, 0.2) is 0 Å². The monoisotopic (exact) mass is 171 g/mol. The lowest BCUT2D eigenvalue weighted by Gasteiger charge is -2.09. The summed E-state index contributed by atoms with van der Waals surface area (Å²) in [6, 6.07) is 0. The highest BCUT2D eigenvalue weighted by Crippen LogP contribution is 2.12. The van der Waals surface area contributed by atoms with Crippen LogP contribution >= 0.6 is 0 Å². The molecule has 0 aromatic rings. The smallest absolute Gasteiger partial charge is 0.00489 e. The predicted octanol–water partition coefficient (Wildman–Crippen LogP) is 3.20. The summed E-state index contributed by atoms with van der Waals surface area (Å²) in [5, 5.41) is 3.36. The minimum atomic E-state index is 0.934. The van der Waals surface area contributed by atoms with E-state index in [0.29, 0.717) is 0 Å². The Balaban J connectivity index is 3.02. The quantitative estimate of drug-likeness (QED) is 0.553. The summed E-state index contributed by atoms with van der Waals surface area (Å²) in [6.07, 6.45) is 6.91. The molecule has 0 bridgehead atoms. The highest BCUT2D eigenvalue weighted by atomic mass is 14.8. The summed E-state index contributed by atoms with van der Waals surface area (Å²) in [4.78, 5) is 0. The minimum absolute atomic E-state index is 0.934. The molecule has 0 saturated heterocycles. The Morgan fingerprint density at radius 1 is 1.08 bits per heavy atom. The predicted molar refractivity (Wildman–Crippen MR) is 56.5 cm³/mol. The molecule has 1 heteroatoms. The molecule has 0 saturated carbocycles. The van der Waals surface area contributed by atoms with Gasteiger partial charge in [-0.15, -0.1) is 0 Å². The van der Waals surface area contributed by atoms with Crippen molar-refractivity contribution >= 4 is 0 Å². The van der Waals surface area contributed by atoms with E-state index < -0.39 is 0 Å². The second kappa shape index (κ2) is 9.05. The Morgan fingerprint density at radius 2 is 1.75 bits per heavy atom. The first-order valence-corrected chi connectivity index (χ1v) is 5.52. The van der Waals surface area contributed by atoms with Gasteiger partial charge in [0.1, 0.15) is 0 Å². The third-order valence-electron chi connectivity index (χ3n) is 2.35. The fourth-order valence-electron chi connectivity index (χ4n) is 1.45. The lowest BCUT2D eigenvalue weighted by Crippen LogP contribution is -2.14. The van der Waals surface area contributed by atoms with E-state index in [1.165, 1.54) is 38.6 Å². The number of nitrogens with one attached hydrogen (secondary N) is 1. The third kappa shape index (κ3) is 8.06. The molecule has 0 fully saturated rings. The molecule has 0 unspecified atom stereocenters. The summed E-state index contributed by atoms with van der Waals surface area (Å²) in [5.74, 6) is 0.934. The number of rotatable bonds is 8. The van der Waals surface area contributed by atoms with Crippen molar-refractivity contribution in [2.45, 2.75) is 52.9 Å². The molecule has 0 aliphatic heterocycles. The van der Waals surface area contributed by atoms with Crippen LogP contribution in [0, 0.1) is 5.92 Å². The van der Waals surface area contributed by atoms with Gasteiger partial charge in [0.25, 0.3) is 0 Å². The summed E-state index contributed by atoms with van der Waals surface area (Å²) in [7, 11) is 0. The largest absolute Gasteiger partial charge is 0.317 e. The molecule has 0 aliphatic rings. The van der Waals surface area contributed by atoms with Crippen molar-refractivity contribution < 1.29 is 0 Å². The fourth-order valence-corrected chi connectivity index (χ4v) is 1.45. The lowest BCUT2D eigenvalue weighted by atomic mass is 9.99. The van der Waals surface area contributed by atoms with Gasteiger partial charge in [0.2, 0.25) is 0 Å². The first-order chi connectivity index (χ1) is 5.81. The Hall–Kier alpha value is -0.0400. The third-order valence-corrected chi connectivity index (χ3v) is 2.35. The van der Waals surface area contributed by atoms with Crippen LogP contribution in [0.5, 0.6) is 0 Å². The maximum Gasteiger partial charge on any atom is -0.00489 e. The van der Waals surface area contributed by atoms with Crippen molar-refractivity contribution in [2.75, 3.05) is 13.1 Å². The van der Waals surface area contributed by atoms with E-state index >= 15 is 0 Å². The highest BCUT2D eigenvalue weighted by Gasteiger charge is 1.99. The molecule has 0 aromatic carbocycles. The van der Waals surface area contributed by atoms with E-state index in [1.807, 2.05) is 0 Å². The van der Waals surface area contributed by atoms with Crippen LogP contribution < -0.4 is 5.32 Å². The summed E-state index contributed by atoms with van der Waals surface area (Å²) < 4.78 is 0. The van der Waals surface area contributed by atoms with Crippen LogP contribution in [0.15, 0.2) is 0 Å². The van der Waals surface area contributed by atoms with Gasteiger partial charge in [0.05, 0.1) is 0 Å². The maximum atomic E-state index is 3.36. The molecule has 74 valence electrons. The van der Waals surface area contributed by atoms with Crippen molar-refractivity contribution in [2.24, 2.45) is 5.92 Å². The Labute approximate surface area is 77.9 Å². The summed E-state index contributed by atoms with van der Waals surface area (Å²) >= 11 is 0. The van der Waals surface area contributed by atoms with E-state index in [2.05, 4.69) is 26.1 Å². The number of unbranched alkanes of at least 4 members (excludes halogenated alkanes) is 1. The van der Waals surface area contributed by atoms with Crippen molar-refractivity contribution in [1.29, 1.82) is 0 Å². The van der Waals surface area contributed by atoms with E-state index in [1.54, 1.807) is 0 Å². The molecule has 1 atom stereocenters. The average Bonchev–Trinajstić information content (AvgIpc) is 2.09. The van der Waals surface area contributed by atoms with E-state index in [4.69, 9.17) is 0 Å². The van der Waals surface area contributed by atoms with Gasteiger partial charge in [-0.2, -0.15) is 0 Å². The fraction of sp³-hybridized carbons (Fsp3) is 1.00. The normalized spacial score (nSPS) is 13.2. The second-order valence-electron chi connectivity index (χ2n) is 3.74. The molecule has 0 spiro atoms. The lowest BCUT2D eigenvalue weighted by molar-refractivity contribution is 0.450. The molecule has 0 aliphatic carbocycles. The van der Waals surface area contributed by atoms with Crippen molar-refractivity contribution in [1.82, 2.24) is 5.32 Å². The molecule has 0 radical (unpaired) electrons. The standard InChI is InChI=1S/C11H25N/c1-4-6-8-11(3)9-7-10-12-5-2/h11-12H,4-10H2,1-3H3/t11-/m0/s1. The van der Waals surface area contributed by atoms with Crippen LogP contribution in [-0.4, -0.2) is 13.1 Å². The van der Waals surface area contributed by atoms with Crippen LogP contribution in [0.25, 0.3) is 0 Å². The average molecular weight is 171 g/mol. The topological polar surface area (TPSA) is 12.0 Å². The first kappa shape index (κ1) is 12.0. The van der Waals surface area contributed by atoms with E-state index in [9.17, 15) is 0 Å². The van der Waals surface area contributed by atoms with E-state index in [0.717, 1.165) is 12.5 Å². The van der Waals surface area contributed by atoms with Crippen LogP contribution in [0.4, 0.5) is 0 Å². The van der Waals surface area contributed by atoms with Gasteiger partial charge in [-0.05, 0) is 31.8 Å². The molecular weight excluding hydrogens is 146 g/mol. The van der Waals surface area contributed by atoms with Gasteiger partial charge in [0, 0.05) is 0 Å². The minimum Gasteiger partial charge on any atom is -0.317 e. The van der Waals surface area contributed by atoms with Crippen molar-refractivity contribution in [3.05, 3.63) is 0 Å². The van der Waals surface area contributed by atoms with E-state index in [-0.39, 0.29) is 0 Å². The SMILES string of the molecule is CCCC[C@H](C)CCCNCC. The molecule has 0 aromatic heterocycles. The Morgan fingerprint density at radius 3 is 2.33 bits per heavy atom. The Kier molecular flexibility index (Phi) is 9.02. The molecule has 0 heterocycles. The van der Waals surface area contributed by atoms with Gasteiger partial charge in [-0.1, -0.05) is 40.0 Å². The highest BCUT2D eigenvalue weighted by molar-refractivity contribution is 4.54. The maximum absolute atomic E-state index is 3.36. The van der Waals surface area contributed by atoms with Crippen LogP contribution in [0.1, 0.15) is 52.9 Å². The summed E-state index contributed by atoms with van der Waals surface area (Å²) in [6.45, 7) is 9.13. The van der Waals surface area contributed by atoms with Gasteiger partial charge in [-0.25, -0.2) is 0 Å². The zero-order valence-corrected chi connectivity index (χ0v) is 9.03. The zero-order valence-electron chi connectivity index (χ0n) is 9.03. The van der Waals surface area contributed by atoms with Gasteiger partial charge in [-0.3, -0.25) is 0 Å². The van der Waals surface area contributed by atoms with Gasteiger partial charge >= 0.3 is 0 Å². The second-order valence-corrected chi connectivity index (χ2v) is 3.74. The Bertz CT molecular complexity index is 81.1. The number of hydrogen-bond donors (Lipinski definition) is 1. The number of hydrogen-bond acceptors (Lipinski definition) is 1. The van der Waals surface area contributed by atoms with Crippen LogP contribution in [-0.2, 0) is 0 Å². The molecule has 1 nitrogen and oxygen atoms in total. The van der Waals surface area contributed by atoms with Crippen molar-refractivity contribution in [3.63, 3.8) is 0 Å². The van der Waals surface area contributed by atoms with Crippen LogP contribution in [0.2, 0.25) is 0 Å². The zero-order chi connectivity index (χ0) is 9.23.